The normalized spacial score (nSPS) is 17.8. The van der Waals surface area contributed by atoms with Crippen molar-refractivity contribution >= 4 is 44.1 Å². The predicted octanol–water partition coefficient (Wildman–Crippen LogP) is 11.8. The highest BCUT2D eigenvalue weighted by Crippen LogP contribution is 2.55. The third kappa shape index (κ3) is 5.14. The van der Waals surface area contributed by atoms with Crippen LogP contribution in [-0.4, -0.2) is 16.1 Å². The van der Waals surface area contributed by atoms with Gasteiger partial charge in [0.25, 0.3) is 0 Å². The molecule has 240 valence electrons. The Morgan fingerprint density at radius 1 is 0.600 bits per heavy atom. The molecule has 0 amide bonds. The second-order valence-electron chi connectivity index (χ2n) is 13.6. The molecular weight excluding hydrogens is 607 g/mol. The minimum Gasteiger partial charge on any atom is -0.309 e. The van der Waals surface area contributed by atoms with E-state index in [0.717, 1.165) is 34.8 Å². The number of nitrogens with zero attached hydrogens (tertiary/aromatic N) is 3. The summed E-state index contributed by atoms with van der Waals surface area (Å²) in [6.45, 7) is 4.38. The van der Waals surface area contributed by atoms with Gasteiger partial charge in [-0.1, -0.05) is 153 Å². The molecule has 0 spiro atoms. The quantitative estimate of drug-likeness (QED) is 0.127. The van der Waals surface area contributed by atoms with Gasteiger partial charge in [0.05, 0.1) is 16.6 Å². The Morgan fingerprint density at radius 3 is 1.98 bits per heavy atom. The van der Waals surface area contributed by atoms with Crippen LogP contribution in [0.15, 0.2) is 180 Å². The fourth-order valence-electron chi connectivity index (χ4n) is 7.64. The minimum absolute atomic E-state index is 0.237. The summed E-state index contributed by atoms with van der Waals surface area (Å²) in [6, 6.07) is 60.7. The number of hydrogen-bond acceptors (Lipinski definition) is 1. The number of aromatic nitrogens is 1. The van der Waals surface area contributed by atoms with Crippen LogP contribution in [0.25, 0.3) is 49.4 Å². The van der Waals surface area contributed by atoms with Crippen molar-refractivity contribution in [1.29, 1.82) is 0 Å². The molecule has 50 heavy (non-hydrogen) atoms. The summed E-state index contributed by atoms with van der Waals surface area (Å²) in [5, 5.41) is 5.05. The molecule has 9 rings (SSSR count). The Bertz CT molecular complexity index is 2560. The molecule has 0 N–H and O–H groups in total. The van der Waals surface area contributed by atoms with Crippen LogP contribution in [0.2, 0.25) is 0 Å². The minimum atomic E-state index is -0.237. The van der Waals surface area contributed by atoms with Gasteiger partial charge in [0.2, 0.25) is 0 Å². The van der Waals surface area contributed by atoms with Gasteiger partial charge in [-0.15, -0.1) is 0 Å². The molecule has 2 unspecified atom stereocenters. The molecule has 8 aromatic rings. The van der Waals surface area contributed by atoms with E-state index in [-0.39, 0.29) is 5.54 Å². The van der Waals surface area contributed by atoms with Crippen LogP contribution in [0.5, 0.6) is 0 Å². The monoisotopic (exact) mass is 643 g/mol. The Labute approximate surface area is 292 Å². The number of aliphatic imine (C=N–C) groups is 2. The molecule has 2 atom stereocenters. The van der Waals surface area contributed by atoms with Crippen molar-refractivity contribution in [1.82, 2.24) is 4.57 Å². The van der Waals surface area contributed by atoms with Gasteiger partial charge in [-0.05, 0) is 76.6 Å². The van der Waals surface area contributed by atoms with Crippen LogP contribution in [0.3, 0.4) is 0 Å². The smallest absolute Gasteiger partial charge is 0.155 e. The summed E-state index contributed by atoms with van der Waals surface area (Å²) in [5.74, 6) is 1.24. The third-order valence-corrected chi connectivity index (χ3v) is 10.5. The van der Waals surface area contributed by atoms with E-state index in [9.17, 15) is 0 Å². The first kappa shape index (κ1) is 30.0. The SMILES string of the molecule is C/C(=N\C(=N/C1(c2ccccc2)CC1C)c1ccccc1)c1ccc(-n2c3cc(-c4ccccc4)ccc3c3c4ccccc4ccc32)cc1. The highest BCUT2D eigenvalue weighted by atomic mass is 15.0. The van der Waals surface area contributed by atoms with Crippen LogP contribution in [0.1, 0.15) is 37.0 Å². The van der Waals surface area contributed by atoms with Gasteiger partial charge < -0.3 is 4.57 Å². The maximum absolute atomic E-state index is 5.42. The van der Waals surface area contributed by atoms with E-state index in [0.29, 0.717) is 5.92 Å². The van der Waals surface area contributed by atoms with Crippen molar-refractivity contribution in [3.63, 3.8) is 0 Å². The molecule has 0 aliphatic heterocycles. The maximum atomic E-state index is 5.42. The summed E-state index contributed by atoms with van der Waals surface area (Å²) in [6.07, 6.45) is 1.02. The molecule has 3 nitrogen and oxygen atoms in total. The van der Waals surface area contributed by atoms with Gasteiger partial charge in [0.1, 0.15) is 0 Å². The number of amidine groups is 1. The molecule has 1 fully saturated rings. The van der Waals surface area contributed by atoms with Gasteiger partial charge in [0.15, 0.2) is 5.84 Å². The molecule has 1 saturated carbocycles. The molecule has 1 aromatic heterocycles. The zero-order chi connectivity index (χ0) is 33.7. The largest absolute Gasteiger partial charge is 0.309 e. The first-order valence-electron chi connectivity index (χ1n) is 17.5. The first-order valence-corrected chi connectivity index (χ1v) is 17.5. The lowest BCUT2D eigenvalue weighted by Crippen LogP contribution is -2.12. The van der Waals surface area contributed by atoms with Gasteiger partial charge in [-0.3, -0.25) is 4.99 Å². The number of hydrogen-bond donors (Lipinski definition) is 0. The van der Waals surface area contributed by atoms with Gasteiger partial charge >= 0.3 is 0 Å². The maximum Gasteiger partial charge on any atom is 0.155 e. The summed E-state index contributed by atoms with van der Waals surface area (Å²) >= 11 is 0. The zero-order valence-corrected chi connectivity index (χ0v) is 28.3. The molecule has 0 saturated heterocycles. The van der Waals surface area contributed by atoms with E-state index in [4.69, 9.17) is 9.98 Å². The van der Waals surface area contributed by atoms with Crippen LogP contribution in [-0.2, 0) is 5.54 Å². The predicted molar refractivity (Wildman–Crippen MR) is 211 cm³/mol. The number of rotatable bonds is 6. The highest BCUT2D eigenvalue weighted by Gasteiger charge is 2.53. The lowest BCUT2D eigenvalue weighted by molar-refractivity contribution is 0.667. The Hall–Kier alpha value is -6.06. The topological polar surface area (TPSA) is 29.6 Å². The molecule has 0 bridgehead atoms. The molecule has 1 heterocycles. The van der Waals surface area contributed by atoms with Crippen molar-refractivity contribution in [3.05, 3.63) is 187 Å². The Balaban J connectivity index is 1.16. The van der Waals surface area contributed by atoms with Crippen LogP contribution in [0.4, 0.5) is 0 Å². The van der Waals surface area contributed by atoms with Crippen LogP contribution < -0.4 is 0 Å². The summed E-state index contributed by atoms with van der Waals surface area (Å²) in [5.41, 5.74) is 10.00. The molecule has 3 heteroatoms. The van der Waals surface area contributed by atoms with E-state index >= 15 is 0 Å². The van der Waals surface area contributed by atoms with E-state index < -0.39 is 0 Å². The van der Waals surface area contributed by atoms with Gasteiger partial charge in [-0.2, -0.15) is 0 Å². The Kier molecular flexibility index (Phi) is 7.28. The molecule has 1 aliphatic carbocycles. The fraction of sp³-hybridized carbons (Fsp3) is 0.106. The second-order valence-corrected chi connectivity index (χ2v) is 13.6. The van der Waals surface area contributed by atoms with E-state index in [1.54, 1.807) is 0 Å². The van der Waals surface area contributed by atoms with Crippen molar-refractivity contribution < 1.29 is 0 Å². The third-order valence-electron chi connectivity index (χ3n) is 10.5. The number of fused-ring (bicyclic) bond motifs is 5. The standard InChI is InChI=1S/C47H37N3/c1-32-31-47(32,39-19-10-5-11-20-39)49-46(37-17-8-4-9-18-37)48-33(2)34-22-26-40(27-23-34)50-43-29-25-36-16-12-13-21-41(36)45(43)42-28-24-38(30-44(42)50)35-14-6-3-7-15-35/h3-30,32H,31H2,1-2H3/b48-33+,49-46-. The lowest BCUT2D eigenvalue weighted by atomic mass is 10.0. The fourth-order valence-corrected chi connectivity index (χ4v) is 7.64. The second kappa shape index (κ2) is 12.1. The van der Waals surface area contributed by atoms with Crippen molar-refractivity contribution in [2.45, 2.75) is 25.8 Å². The van der Waals surface area contributed by atoms with Gasteiger partial charge in [-0.25, -0.2) is 4.99 Å². The molecule has 7 aromatic carbocycles. The van der Waals surface area contributed by atoms with Crippen molar-refractivity contribution in [3.8, 4) is 16.8 Å². The average Bonchev–Trinajstić information content (AvgIpc) is 3.72. The summed E-state index contributed by atoms with van der Waals surface area (Å²) in [4.78, 5) is 10.6. The summed E-state index contributed by atoms with van der Waals surface area (Å²) < 4.78 is 2.41. The van der Waals surface area contributed by atoms with E-state index in [1.165, 1.54) is 49.3 Å². The van der Waals surface area contributed by atoms with Crippen LogP contribution >= 0.6 is 0 Å². The van der Waals surface area contributed by atoms with Crippen molar-refractivity contribution in [2.24, 2.45) is 15.9 Å². The van der Waals surface area contributed by atoms with Crippen LogP contribution in [0, 0.1) is 5.92 Å². The molecule has 1 aliphatic rings. The molecular formula is C47H37N3. The average molecular weight is 644 g/mol. The summed E-state index contributed by atoms with van der Waals surface area (Å²) in [7, 11) is 0. The highest BCUT2D eigenvalue weighted by molar-refractivity contribution is 6.21. The first-order chi connectivity index (χ1) is 24.6. The van der Waals surface area contributed by atoms with Gasteiger partial charge in [0, 0.05) is 27.7 Å². The molecule has 0 radical (unpaired) electrons. The Morgan fingerprint density at radius 2 is 1.26 bits per heavy atom. The lowest BCUT2D eigenvalue weighted by Gasteiger charge is -2.15. The zero-order valence-electron chi connectivity index (χ0n) is 28.3. The van der Waals surface area contributed by atoms with E-state index in [1.807, 2.05) is 6.07 Å². The van der Waals surface area contributed by atoms with Crippen molar-refractivity contribution in [2.75, 3.05) is 0 Å². The number of benzene rings is 7. The van der Waals surface area contributed by atoms with E-state index in [2.05, 4.69) is 182 Å².